The van der Waals surface area contributed by atoms with E-state index in [2.05, 4.69) is 9.88 Å². The van der Waals surface area contributed by atoms with Crippen molar-refractivity contribution in [1.82, 2.24) is 14.5 Å². The van der Waals surface area contributed by atoms with Crippen molar-refractivity contribution in [3.63, 3.8) is 0 Å². The molecule has 4 rings (SSSR count). The van der Waals surface area contributed by atoms with E-state index in [0.29, 0.717) is 36.8 Å². The van der Waals surface area contributed by atoms with Crippen LogP contribution in [0.2, 0.25) is 5.02 Å². The Morgan fingerprint density at radius 3 is 2.87 bits per heavy atom. The van der Waals surface area contributed by atoms with Gasteiger partial charge in [0.1, 0.15) is 0 Å². The molecule has 1 aliphatic rings. The second-order valence-corrected chi connectivity index (χ2v) is 8.35. The zero-order valence-corrected chi connectivity index (χ0v) is 18.3. The quantitative estimate of drug-likeness (QED) is 0.545. The highest BCUT2D eigenvalue weighted by Crippen LogP contribution is 2.23. The Morgan fingerprint density at radius 1 is 1.23 bits per heavy atom. The summed E-state index contributed by atoms with van der Waals surface area (Å²) in [5.41, 5.74) is 2.24. The first kappa shape index (κ1) is 21.5. The summed E-state index contributed by atoms with van der Waals surface area (Å²) in [6.45, 7) is 4.54. The fourth-order valence-electron chi connectivity index (χ4n) is 4.22. The van der Waals surface area contributed by atoms with Crippen molar-refractivity contribution in [2.24, 2.45) is 5.92 Å². The van der Waals surface area contributed by atoms with Crippen LogP contribution in [0.4, 0.5) is 0 Å². The van der Waals surface area contributed by atoms with Gasteiger partial charge < -0.3 is 9.30 Å². The van der Waals surface area contributed by atoms with Crippen molar-refractivity contribution in [2.45, 2.75) is 32.9 Å². The number of halogens is 1. The third-order valence-corrected chi connectivity index (χ3v) is 5.93. The van der Waals surface area contributed by atoms with E-state index in [9.17, 15) is 9.59 Å². The van der Waals surface area contributed by atoms with Gasteiger partial charge in [-0.25, -0.2) is 0 Å². The van der Waals surface area contributed by atoms with Gasteiger partial charge in [0.15, 0.2) is 0 Å². The van der Waals surface area contributed by atoms with Crippen molar-refractivity contribution in [3.05, 3.63) is 75.3 Å². The summed E-state index contributed by atoms with van der Waals surface area (Å²) >= 11 is 6.23. The Labute approximate surface area is 186 Å². The van der Waals surface area contributed by atoms with Crippen molar-refractivity contribution >= 4 is 28.5 Å². The van der Waals surface area contributed by atoms with Gasteiger partial charge in [0, 0.05) is 29.9 Å². The van der Waals surface area contributed by atoms with Gasteiger partial charge in [0.2, 0.25) is 0 Å². The third-order valence-electron chi connectivity index (χ3n) is 5.70. The fourth-order valence-corrected chi connectivity index (χ4v) is 4.39. The number of piperidine rings is 1. The van der Waals surface area contributed by atoms with Crippen molar-refractivity contribution in [2.75, 3.05) is 19.7 Å². The number of carbonyl (C=O) groups is 1. The molecule has 162 valence electrons. The van der Waals surface area contributed by atoms with E-state index in [4.69, 9.17) is 16.3 Å². The number of ether oxygens (including phenoxy) is 1. The van der Waals surface area contributed by atoms with Crippen LogP contribution in [-0.4, -0.2) is 40.1 Å². The maximum atomic E-state index is 13.5. The summed E-state index contributed by atoms with van der Waals surface area (Å²) in [4.78, 5) is 32.2. The highest BCUT2D eigenvalue weighted by molar-refractivity contribution is 6.31. The first-order valence-electron chi connectivity index (χ1n) is 10.7. The number of hydrogen-bond donors (Lipinski definition) is 0. The molecule has 0 bridgehead atoms. The second-order valence-electron chi connectivity index (χ2n) is 7.91. The summed E-state index contributed by atoms with van der Waals surface area (Å²) in [6.07, 6.45) is 3.47. The molecular weight excluding hydrogens is 414 g/mol. The number of esters is 1. The topological polar surface area (TPSA) is 64.4 Å². The minimum absolute atomic E-state index is 0.0568. The van der Waals surface area contributed by atoms with Crippen LogP contribution in [-0.2, 0) is 22.6 Å². The van der Waals surface area contributed by atoms with Crippen LogP contribution in [0.15, 0.2) is 53.5 Å². The van der Waals surface area contributed by atoms with Gasteiger partial charge in [-0.05, 0) is 62.0 Å². The van der Waals surface area contributed by atoms with Crippen LogP contribution >= 0.6 is 11.6 Å². The molecule has 1 aromatic carbocycles. The lowest BCUT2D eigenvalue weighted by atomic mass is 9.97. The lowest BCUT2D eigenvalue weighted by molar-refractivity contribution is -0.150. The smallest absolute Gasteiger partial charge is 0.310 e. The van der Waals surface area contributed by atoms with E-state index in [-0.39, 0.29) is 17.4 Å². The number of hydrogen-bond acceptors (Lipinski definition) is 5. The van der Waals surface area contributed by atoms with Gasteiger partial charge in [-0.15, -0.1) is 0 Å². The molecule has 0 aliphatic carbocycles. The van der Waals surface area contributed by atoms with Gasteiger partial charge in [0.05, 0.1) is 30.3 Å². The number of rotatable bonds is 6. The van der Waals surface area contributed by atoms with Crippen LogP contribution in [0.3, 0.4) is 0 Å². The van der Waals surface area contributed by atoms with Crippen molar-refractivity contribution in [3.8, 4) is 0 Å². The number of nitrogens with zero attached hydrogens (tertiary/aromatic N) is 3. The average molecular weight is 440 g/mol. The van der Waals surface area contributed by atoms with Gasteiger partial charge >= 0.3 is 5.97 Å². The molecule has 1 atom stereocenters. The van der Waals surface area contributed by atoms with Crippen molar-refractivity contribution < 1.29 is 9.53 Å². The van der Waals surface area contributed by atoms with Gasteiger partial charge in [-0.3, -0.25) is 19.5 Å². The van der Waals surface area contributed by atoms with E-state index < -0.39 is 0 Å². The molecule has 0 saturated carbocycles. The molecule has 31 heavy (non-hydrogen) atoms. The lowest BCUT2D eigenvalue weighted by Gasteiger charge is -2.31. The molecule has 2 aromatic heterocycles. The van der Waals surface area contributed by atoms with E-state index in [1.54, 1.807) is 10.8 Å². The predicted molar refractivity (Wildman–Crippen MR) is 121 cm³/mol. The van der Waals surface area contributed by atoms with Gasteiger partial charge in [-0.1, -0.05) is 23.7 Å². The number of fused-ring (bicyclic) bond motifs is 1. The molecule has 1 unspecified atom stereocenters. The fraction of sp³-hybridized carbons (Fsp3) is 0.375. The molecule has 7 heteroatoms. The van der Waals surface area contributed by atoms with Crippen LogP contribution in [0.5, 0.6) is 0 Å². The lowest BCUT2D eigenvalue weighted by Crippen LogP contribution is -2.40. The SMILES string of the molecule is CCOC(=O)C1CCCN(Cc2cc3ccc(Cl)cc3n(Cc3ccccn3)c2=O)C1. The molecule has 6 nitrogen and oxygen atoms in total. The highest BCUT2D eigenvalue weighted by atomic mass is 35.5. The Kier molecular flexibility index (Phi) is 6.68. The van der Waals surface area contributed by atoms with Crippen LogP contribution in [0, 0.1) is 5.92 Å². The zero-order valence-electron chi connectivity index (χ0n) is 17.6. The molecule has 1 fully saturated rings. The van der Waals surface area contributed by atoms with E-state index in [1.807, 2.05) is 49.4 Å². The zero-order chi connectivity index (χ0) is 21.8. The summed E-state index contributed by atoms with van der Waals surface area (Å²) in [5, 5.41) is 1.54. The molecule has 0 amide bonds. The number of benzene rings is 1. The Hall–Kier alpha value is -2.70. The molecular formula is C24H26ClN3O3. The maximum Gasteiger partial charge on any atom is 0.310 e. The largest absolute Gasteiger partial charge is 0.466 e. The second kappa shape index (κ2) is 9.62. The third kappa shape index (κ3) is 4.97. The molecule has 0 radical (unpaired) electrons. The van der Waals surface area contributed by atoms with E-state index in [0.717, 1.165) is 36.0 Å². The maximum absolute atomic E-state index is 13.5. The van der Waals surface area contributed by atoms with E-state index >= 15 is 0 Å². The normalized spacial score (nSPS) is 17.0. The molecule has 0 N–H and O–H groups in total. The standard InChI is InChI=1S/C24H26ClN3O3/c1-2-31-24(30)18-6-5-11-27(14-18)15-19-12-17-8-9-20(25)13-22(17)28(23(19)29)16-21-7-3-4-10-26-21/h3-4,7-10,12-13,18H,2,5-6,11,14-16H2,1H3. The molecule has 0 spiro atoms. The first-order valence-corrected chi connectivity index (χ1v) is 11.0. The number of likely N-dealkylation sites (tertiary alicyclic amines) is 1. The van der Waals surface area contributed by atoms with Crippen LogP contribution in [0.25, 0.3) is 10.9 Å². The Bertz CT molecular complexity index is 1130. The van der Waals surface area contributed by atoms with Crippen LogP contribution < -0.4 is 5.56 Å². The summed E-state index contributed by atoms with van der Waals surface area (Å²) in [5.74, 6) is -0.281. The number of aromatic nitrogens is 2. The summed E-state index contributed by atoms with van der Waals surface area (Å²) in [7, 11) is 0. The Balaban J connectivity index is 1.66. The van der Waals surface area contributed by atoms with Gasteiger partial charge in [-0.2, -0.15) is 0 Å². The summed E-state index contributed by atoms with van der Waals surface area (Å²) in [6, 6.07) is 13.2. The predicted octanol–water partition coefficient (Wildman–Crippen LogP) is 3.87. The highest BCUT2D eigenvalue weighted by Gasteiger charge is 2.27. The molecule has 1 saturated heterocycles. The van der Waals surface area contributed by atoms with Crippen LogP contribution in [0.1, 0.15) is 31.0 Å². The van der Waals surface area contributed by atoms with E-state index in [1.165, 1.54) is 0 Å². The Morgan fingerprint density at radius 2 is 2.10 bits per heavy atom. The average Bonchev–Trinajstić information content (AvgIpc) is 2.78. The minimum Gasteiger partial charge on any atom is -0.466 e. The number of carbonyl (C=O) groups excluding carboxylic acids is 1. The molecule has 3 aromatic rings. The minimum atomic E-state index is -0.145. The first-order chi connectivity index (χ1) is 15.0. The molecule has 3 heterocycles. The van der Waals surface area contributed by atoms with Gasteiger partial charge in [0.25, 0.3) is 5.56 Å². The monoisotopic (exact) mass is 439 g/mol. The summed E-state index contributed by atoms with van der Waals surface area (Å²) < 4.78 is 6.95. The number of pyridine rings is 2. The molecule has 1 aliphatic heterocycles. The van der Waals surface area contributed by atoms with Crippen molar-refractivity contribution in [1.29, 1.82) is 0 Å².